The molecule has 0 atom stereocenters. The second-order valence-electron chi connectivity index (χ2n) is 3.96. The van der Waals surface area contributed by atoms with E-state index in [0.717, 1.165) is 12.0 Å². The van der Waals surface area contributed by atoms with Crippen LogP contribution in [0.1, 0.15) is 48.5 Å². The van der Waals surface area contributed by atoms with Crippen molar-refractivity contribution in [3.05, 3.63) is 41.5 Å². The largest absolute Gasteiger partial charge is 0.288 e. The third-order valence-electron chi connectivity index (χ3n) is 2.54. The minimum Gasteiger partial charge on any atom is -0.288 e. The Labute approximate surface area is 102 Å². The van der Waals surface area contributed by atoms with Crippen LogP contribution in [0.25, 0.3) is 6.08 Å². The molecule has 17 heavy (non-hydrogen) atoms. The van der Waals surface area contributed by atoms with E-state index < -0.39 is 5.91 Å². The molecule has 0 unspecified atom stereocenters. The number of rotatable bonds is 6. The molecule has 0 fully saturated rings. The average Bonchev–Trinajstić information content (AvgIpc) is 2.38. The molecule has 0 aliphatic rings. The highest BCUT2D eigenvalue weighted by atomic mass is 16.5. The van der Waals surface area contributed by atoms with Crippen LogP contribution in [-0.2, 0) is 0 Å². The van der Waals surface area contributed by atoms with Crippen molar-refractivity contribution in [2.24, 2.45) is 0 Å². The highest BCUT2D eigenvalue weighted by Gasteiger charge is 2.02. The van der Waals surface area contributed by atoms with Crippen LogP contribution in [-0.4, -0.2) is 11.1 Å². The Morgan fingerprint density at radius 1 is 1.41 bits per heavy atom. The first kappa shape index (κ1) is 13.5. The van der Waals surface area contributed by atoms with Gasteiger partial charge in [-0.1, -0.05) is 44.1 Å². The van der Waals surface area contributed by atoms with Gasteiger partial charge in [0.1, 0.15) is 0 Å². The van der Waals surface area contributed by atoms with Gasteiger partial charge < -0.3 is 0 Å². The van der Waals surface area contributed by atoms with Crippen molar-refractivity contribution in [3.8, 4) is 0 Å². The Bertz CT molecular complexity index is 386. The van der Waals surface area contributed by atoms with Crippen molar-refractivity contribution in [1.82, 2.24) is 5.48 Å². The van der Waals surface area contributed by atoms with Gasteiger partial charge in [-0.3, -0.25) is 10.0 Å². The van der Waals surface area contributed by atoms with Crippen molar-refractivity contribution in [3.63, 3.8) is 0 Å². The van der Waals surface area contributed by atoms with E-state index in [0.29, 0.717) is 5.56 Å². The second kappa shape index (κ2) is 7.63. The number of benzene rings is 1. The van der Waals surface area contributed by atoms with Crippen LogP contribution in [0.2, 0.25) is 0 Å². The van der Waals surface area contributed by atoms with Crippen molar-refractivity contribution in [2.45, 2.75) is 32.6 Å². The second-order valence-corrected chi connectivity index (χ2v) is 3.96. The highest BCUT2D eigenvalue weighted by molar-refractivity contribution is 5.93. The van der Waals surface area contributed by atoms with Gasteiger partial charge in [0.15, 0.2) is 0 Å². The standard InChI is InChI=1S/C14H19NO2/c1-2-3-4-5-6-8-12-9-7-10-13(11-12)14(16)15-17/h6-11,17H,2-5H2,1H3,(H,15,16)/b8-6+. The first-order valence-electron chi connectivity index (χ1n) is 5.99. The SMILES string of the molecule is CCCCC/C=C/c1cccc(C(=O)NO)c1. The number of hydrogen-bond donors (Lipinski definition) is 2. The zero-order valence-corrected chi connectivity index (χ0v) is 10.1. The van der Waals surface area contributed by atoms with Crippen molar-refractivity contribution in [1.29, 1.82) is 0 Å². The smallest absolute Gasteiger partial charge is 0.274 e. The quantitative estimate of drug-likeness (QED) is 0.449. The van der Waals surface area contributed by atoms with Gasteiger partial charge in [0.2, 0.25) is 0 Å². The molecule has 2 N–H and O–H groups in total. The highest BCUT2D eigenvalue weighted by Crippen LogP contribution is 2.09. The lowest BCUT2D eigenvalue weighted by Gasteiger charge is -2.00. The van der Waals surface area contributed by atoms with E-state index in [4.69, 9.17) is 5.21 Å². The molecule has 0 spiro atoms. The predicted molar refractivity (Wildman–Crippen MR) is 68.9 cm³/mol. The summed E-state index contributed by atoms with van der Waals surface area (Å²) >= 11 is 0. The minimum atomic E-state index is -0.480. The molecule has 1 aromatic rings. The molecule has 0 heterocycles. The van der Waals surface area contributed by atoms with E-state index in [9.17, 15) is 4.79 Å². The Balaban J connectivity index is 2.56. The number of unbranched alkanes of at least 4 members (excludes halogenated alkanes) is 3. The first-order valence-corrected chi connectivity index (χ1v) is 5.99. The Morgan fingerprint density at radius 3 is 2.94 bits per heavy atom. The molecule has 3 heteroatoms. The lowest BCUT2D eigenvalue weighted by atomic mass is 10.1. The van der Waals surface area contributed by atoms with Crippen molar-refractivity contribution < 1.29 is 10.0 Å². The van der Waals surface area contributed by atoms with Crippen LogP contribution in [0.4, 0.5) is 0 Å². The fourth-order valence-corrected chi connectivity index (χ4v) is 1.58. The molecule has 0 saturated heterocycles. The van der Waals surface area contributed by atoms with E-state index in [-0.39, 0.29) is 0 Å². The third kappa shape index (κ3) is 4.83. The molecule has 0 aliphatic carbocycles. The number of hydrogen-bond acceptors (Lipinski definition) is 2. The molecule has 92 valence electrons. The van der Waals surface area contributed by atoms with Crippen LogP contribution < -0.4 is 5.48 Å². The van der Waals surface area contributed by atoms with Crippen LogP contribution >= 0.6 is 0 Å². The van der Waals surface area contributed by atoms with Gasteiger partial charge in [0, 0.05) is 5.56 Å². The summed E-state index contributed by atoms with van der Waals surface area (Å²) in [5.41, 5.74) is 3.07. The van der Waals surface area contributed by atoms with E-state index in [1.807, 2.05) is 12.1 Å². The molecule has 0 aliphatic heterocycles. The Morgan fingerprint density at radius 2 is 2.24 bits per heavy atom. The topological polar surface area (TPSA) is 49.3 Å². The maximum absolute atomic E-state index is 11.2. The molecule has 1 amide bonds. The van der Waals surface area contributed by atoms with Gasteiger partial charge in [-0.15, -0.1) is 0 Å². The lowest BCUT2D eigenvalue weighted by Crippen LogP contribution is -2.18. The monoisotopic (exact) mass is 233 g/mol. The molecular weight excluding hydrogens is 214 g/mol. The molecule has 1 aromatic carbocycles. The fraction of sp³-hybridized carbons (Fsp3) is 0.357. The summed E-state index contributed by atoms with van der Waals surface area (Å²) < 4.78 is 0. The Kier molecular flexibility index (Phi) is 6.04. The number of carbonyl (C=O) groups excluding carboxylic acids is 1. The van der Waals surface area contributed by atoms with Crippen LogP contribution in [0, 0.1) is 0 Å². The van der Waals surface area contributed by atoms with Gasteiger partial charge in [-0.25, -0.2) is 5.48 Å². The molecule has 3 nitrogen and oxygen atoms in total. The number of hydroxylamine groups is 1. The average molecular weight is 233 g/mol. The summed E-state index contributed by atoms with van der Waals surface area (Å²) in [7, 11) is 0. The van der Waals surface area contributed by atoms with Crippen LogP contribution in [0.15, 0.2) is 30.3 Å². The van der Waals surface area contributed by atoms with E-state index >= 15 is 0 Å². The maximum atomic E-state index is 11.2. The molecule has 0 radical (unpaired) electrons. The molecule has 0 aromatic heterocycles. The van der Waals surface area contributed by atoms with Crippen molar-refractivity contribution in [2.75, 3.05) is 0 Å². The van der Waals surface area contributed by atoms with Crippen LogP contribution in [0.3, 0.4) is 0 Å². The Hall–Kier alpha value is -1.61. The summed E-state index contributed by atoms with van der Waals surface area (Å²) in [6.07, 6.45) is 8.85. The lowest BCUT2D eigenvalue weighted by molar-refractivity contribution is 0.0706. The van der Waals surface area contributed by atoms with E-state index in [1.165, 1.54) is 19.3 Å². The summed E-state index contributed by atoms with van der Waals surface area (Å²) in [6, 6.07) is 7.16. The number of amides is 1. The predicted octanol–water partition coefficient (Wildman–Crippen LogP) is 3.40. The summed E-state index contributed by atoms with van der Waals surface area (Å²) in [5, 5.41) is 8.53. The summed E-state index contributed by atoms with van der Waals surface area (Å²) in [6.45, 7) is 2.18. The van der Waals surface area contributed by atoms with E-state index in [1.54, 1.807) is 23.7 Å². The summed E-state index contributed by atoms with van der Waals surface area (Å²) in [4.78, 5) is 11.2. The number of allylic oxidation sites excluding steroid dienone is 1. The zero-order valence-electron chi connectivity index (χ0n) is 10.1. The van der Waals surface area contributed by atoms with Crippen LogP contribution in [0.5, 0.6) is 0 Å². The molecule has 0 bridgehead atoms. The maximum Gasteiger partial charge on any atom is 0.274 e. The van der Waals surface area contributed by atoms with Gasteiger partial charge in [0.25, 0.3) is 5.91 Å². The summed E-state index contributed by atoms with van der Waals surface area (Å²) in [5.74, 6) is -0.480. The third-order valence-corrected chi connectivity index (χ3v) is 2.54. The van der Waals surface area contributed by atoms with Gasteiger partial charge >= 0.3 is 0 Å². The van der Waals surface area contributed by atoms with Crippen molar-refractivity contribution >= 4 is 12.0 Å². The normalized spacial score (nSPS) is 10.7. The zero-order chi connectivity index (χ0) is 12.5. The molecular formula is C14H19NO2. The minimum absolute atomic E-state index is 0.461. The molecule has 0 saturated carbocycles. The van der Waals surface area contributed by atoms with Gasteiger partial charge in [-0.2, -0.15) is 0 Å². The van der Waals surface area contributed by atoms with Gasteiger partial charge in [0.05, 0.1) is 0 Å². The number of carbonyl (C=O) groups is 1. The fourth-order valence-electron chi connectivity index (χ4n) is 1.58. The number of nitrogens with one attached hydrogen (secondary N) is 1. The van der Waals surface area contributed by atoms with Gasteiger partial charge in [-0.05, 0) is 30.5 Å². The van der Waals surface area contributed by atoms with E-state index in [2.05, 4.69) is 13.0 Å². The molecule has 1 rings (SSSR count). The first-order chi connectivity index (χ1) is 8.27.